The Hall–Kier alpha value is -1.78. The van der Waals surface area contributed by atoms with Gasteiger partial charge >= 0.3 is 5.69 Å². The van der Waals surface area contributed by atoms with Gasteiger partial charge in [-0.1, -0.05) is 0 Å². The molecule has 2 aromatic rings. The molecule has 0 aliphatic heterocycles. The molecular formula is C10H10IN5O3. The van der Waals surface area contributed by atoms with Crippen molar-refractivity contribution in [3.8, 4) is 0 Å². The number of nitrogens with zero attached hydrogens (tertiary/aromatic N) is 5. The minimum atomic E-state index is -0.529. The molecule has 100 valence electrons. The average Bonchev–Trinajstić information content (AvgIpc) is 2.82. The van der Waals surface area contributed by atoms with E-state index >= 15 is 0 Å². The molecule has 0 bridgehead atoms. The van der Waals surface area contributed by atoms with Gasteiger partial charge in [-0.15, -0.1) is 0 Å². The third-order valence-corrected chi connectivity index (χ3v) is 3.13. The van der Waals surface area contributed by atoms with Crippen LogP contribution in [0.2, 0.25) is 0 Å². The number of halogens is 1. The van der Waals surface area contributed by atoms with Gasteiger partial charge in [0, 0.05) is 6.20 Å². The second-order valence-electron chi connectivity index (χ2n) is 3.94. The van der Waals surface area contributed by atoms with E-state index in [1.807, 2.05) is 0 Å². The lowest BCUT2D eigenvalue weighted by Crippen LogP contribution is -2.20. The van der Waals surface area contributed by atoms with Gasteiger partial charge in [-0.3, -0.25) is 19.6 Å². The first-order chi connectivity index (χ1) is 8.90. The van der Waals surface area contributed by atoms with E-state index in [0.717, 1.165) is 8.25 Å². The van der Waals surface area contributed by atoms with E-state index in [1.54, 1.807) is 12.4 Å². The number of nitro groups is 1. The molecule has 0 N–H and O–H groups in total. The second-order valence-corrected chi connectivity index (χ2v) is 5.18. The fraction of sp³-hybridized carbons (Fsp3) is 0.300. The molecule has 0 aromatic carbocycles. The standard InChI is InChI=1S/C10H10IN5O3/c1-6-10(16(18)19)7(2)15(13-6)9(17)5-14-4-8(11)3-12-14/h3-4H,5H2,1-2H3. The van der Waals surface area contributed by atoms with E-state index in [0.29, 0.717) is 0 Å². The number of aryl methyl sites for hydroxylation is 1. The summed E-state index contributed by atoms with van der Waals surface area (Å²) in [5.74, 6) is -0.367. The Morgan fingerprint density at radius 2 is 2.21 bits per heavy atom. The van der Waals surface area contributed by atoms with Crippen LogP contribution in [0.25, 0.3) is 0 Å². The van der Waals surface area contributed by atoms with E-state index in [2.05, 4.69) is 32.8 Å². The van der Waals surface area contributed by atoms with Crippen molar-refractivity contribution in [1.29, 1.82) is 0 Å². The van der Waals surface area contributed by atoms with Crippen molar-refractivity contribution in [2.45, 2.75) is 20.4 Å². The zero-order valence-corrected chi connectivity index (χ0v) is 12.4. The molecule has 0 aliphatic rings. The fourth-order valence-corrected chi connectivity index (χ4v) is 2.22. The molecular weight excluding hydrogens is 365 g/mol. The normalized spacial score (nSPS) is 10.7. The lowest BCUT2D eigenvalue weighted by atomic mass is 10.3. The summed E-state index contributed by atoms with van der Waals surface area (Å²) in [4.78, 5) is 22.4. The zero-order valence-electron chi connectivity index (χ0n) is 10.2. The minimum Gasteiger partial charge on any atom is -0.270 e. The van der Waals surface area contributed by atoms with Crippen LogP contribution in [0.1, 0.15) is 16.2 Å². The van der Waals surface area contributed by atoms with Crippen molar-refractivity contribution >= 4 is 34.2 Å². The number of carbonyl (C=O) groups is 1. The topological polar surface area (TPSA) is 95.8 Å². The maximum absolute atomic E-state index is 12.0. The molecule has 0 aliphatic carbocycles. The van der Waals surface area contributed by atoms with Gasteiger partial charge in [0.05, 0.1) is 14.7 Å². The Morgan fingerprint density at radius 1 is 1.53 bits per heavy atom. The average molecular weight is 375 g/mol. The van der Waals surface area contributed by atoms with Crippen molar-refractivity contribution < 1.29 is 9.72 Å². The zero-order chi connectivity index (χ0) is 14.2. The first-order valence-electron chi connectivity index (χ1n) is 5.32. The van der Waals surface area contributed by atoms with Crippen LogP contribution >= 0.6 is 22.6 Å². The number of carbonyl (C=O) groups excluding carboxylic acids is 1. The molecule has 0 radical (unpaired) electrons. The Balaban J connectivity index is 2.29. The fourth-order valence-electron chi connectivity index (χ4n) is 1.77. The lowest BCUT2D eigenvalue weighted by molar-refractivity contribution is -0.386. The number of aromatic nitrogens is 4. The molecule has 9 heteroatoms. The predicted molar refractivity (Wildman–Crippen MR) is 73.9 cm³/mol. The van der Waals surface area contributed by atoms with Crippen LogP contribution in [-0.4, -0.2) is 30.4 Å². The Labute approximate surface area is 121 Å². The van der Waals surface area contributed by atoms with Crippen molar-refractivity contribution in [2.24, 2.45) is 0 Å². The minimum absolute atomic E-state index is 0.0118. The van der Waals surface area contributed by atoms with Crippen LogP contribution in [0.5, 0.6) is 0 Å². The molecule has 0 saturated carbocycles. The lowest BCUT2D eigenvalue weighted by Gasteiger charge is -2.02. The van der Waals surface area contributed by atoms with Gasteiger partial charge in [0.15, 0.2) is 0 Å². The molecule has 0 spiro atoms. The largest absolute Gasteiger partial charge is 0.313 e. The van der Waals surface area contributed by atoms with E-state index in [1.165, 1.54) is 18.5 Å². The molecule has 2 rings (SSSR count). The third-order valence-electron chi connectivity index (χ3n) is 2.57. The van der Waals surface area contributed by atoms with Gasteiger partial charge < -0.3 is 0 Å². The van der Waals surface area contributed by atoms with E-state index in [4.69, 9.17) is 0 Å². The van der Waals surface area contributed by atoms with Gasteiger partial charge in [-0.25, -0.2) is 0 Å². The number of rotatable bonds is 3. The van der Waals surface area contributed by atoms with Crippen LogP contribution in [-0.2, 0) is 6.54 Å². The van der Waals surface area contributed by atoms with Crippen molar-refractivity contribution in [3.05, 3.63) is 37.5 Å². The molecule has 2 heterocycles. The van der Waals surface area contributed by atoms with Crippen molar-refractivity contribution in [1.82, 2.24) is 19.6 Å². The van der Waals surface area contributed by atoms with Gasteiger partial charge in [0.25, 0.3) is 5.91 Å². The van der Waals surface area contributed by atoms with E-state index in [-0.39, 0.29) is 29.5 Å². The highest BCUT2D eigenvalue weighted by Crippen LogP contribution is 2.21. The van der Waals surface area contributed by atoms with Crippen molar-refractivity contribution in [2.75, 3.05) is 0 Å². The van der Waals surface area contributed by atoms with Crippen molar-refractivity contribution in [3.63, 3.8) is 0 Å². The molecule has 0 saturated heterocycles. The Bertz CT molecular complexity index is 660. The van der Waals surface area contributed by atoms with Gasteiger partial charge in [-0.05, 0) is 36.4 Å². The predicted octanol–water partition coefficient (Wildman–Crippen LogP) is 1.55. The van der Waals surface area contributed by atoms with E-state index < -0.39 is 4.92 Å². The van der Waals surface area contributed by atoms with Crippen LogP contribution in [0.15, 0.2) is 12.4 Å². The second kappa shape index (κ2) is 5.07. The third kappa shape index (κ3) is 2.64. The molecule has 0 unspecified atom stereocenters. The smallest absolute Gasteiger partial charge is 0.270 e. The first-order valence-corrected chi connectivity index (χ1v) is 6.39. The highest BCUT2D eigenvalue weighted by molar-refractivity contribution is 14.1. The summed E-state index contributed by atoms with van der Waals surface area (Å²) < 4.78 is 3.43. The number of hydrogen-bond acceptors (Lipinski definition) is 5. The molecule has 0 atom stereocenters. The van der Waals surface area contributed by atoms with Gasteiger partial charge in [0.2, 0.25) is 0 Å². The molecule has 0 fully saturated rings. The maximum atomic E-state index is 12.0. The first kappa shape index (κ1) is 13.6. The van der Waals surface area contributed by atoms with Crippen LogP contribution in [0, 0.1) is 27.5 Å². The maximum Gasteiger partial charge on any atom is 0.313 e. The molecule has 8 nitrogen and oxygen atoms in total. The summed E-state index contributed by atoms with van der Waals surface area (Å²) in [6.45, 7) is 3.00. The quantitative estimate of drug-likeness (QED) is 0.461. The van der Waals surface area contributed by atoms with Crippen LogP contribution in [0.4, 0.5) is 5.69 Å². The van der Waals surface area contributed by atoms with Gasteiger partial charge in [0.1, 0.15) is 17.9 Å². The SMILES string of the molecule is Cc1nn(C(=O)Cn2cc(I)cn2)c(C)c1[N+](=O)[O-]. The highest BCUT2D eigenvalue weighted by atomic mass is 127. The molecule has 0 amide bonds. The van der Waals surface area contributed by atoms with Gasteiger partial charge in [-0.2, -0.15) is 14.9 Å². The summed E-state index contributed by atoms with van der Waals surface area (Å²) in [5.41, 5.74) is 0.337. The summed E-state index contributed by atoms with van der Waals surface area (Å²) in [6.07, 6.45) is 3.33. The number of hydrogen-bond donors (Lipinski definition) is 0. The monoisotopic (exact) mass is 375 g/mol. The summed E-state index contributed by atoms with van der Waals surface area (Å²) in [5, 5.41) is 18.8. The van der Waals surface area contributed by atoms with Crippen LogP contribution < -0.4 is 0 Å². The Morgan fingerprint density at radius 3 is 2.68 bits per heavy atom. The molecule has 2 aromatic heterocycles. The summed E-state index contributed by atoms with van der Waals surface area (Å²) in [7, 11) is 0. The highest BCUT2D eigenvalue weighted by Gasteiger charge is 2.24. The summed E-state index contributed by atoms with van der Waals surface area (Å²) in [6, 6.07) is 0. The Kier molecular flexibility index (Phi) is 3.64. The van der Waals surface area contributed by atoms with Crippen LogP contribution in [0.3, 0.4) is 0 Å². The van der Waals surface area contributed by atoms with E-state index in [9.17, 15) is 14.9 Å². The molecule has 19 heavy (non-hydrogen) atoms. The summed E-state index contributed by atoms with van der Waals surface area (Å²) >= 11 is 2.08.